The fourth-order valence-corrected chi connectivity index (χ4v) is 5.78. The zero-order valence-corrected chi connectivity index (χ0v) is 25.0. The molecule has 2 aliphatic heterocycles. The minimum Gasteiger partial charge on any atom is -0.496 e. The highest BCUT2D eigenvalue weighted by Gasteiger charge is 2.23. The normalized spacial score (nSPS) is 17.4. The van der Waals surface area contributed by atoms with Crippen LogP contribution < -0.4 is 20.7 Å². The van der Waals surface area contributed by atoms with E-state index < -0.39 is 5.82 Å². The summed E-state index contributed by atoms with van der Waals surface area (Å²) in [6, 6.07) is 16.1. The molecule has 3 N–H and O–H groups in total. The third-order valence-corrected chi connectivity index (χ3v) is 8.24. The number of ether oxygens (including phenoxy) is 1. The number of halogens is 1. The van der Waals surface area contributed by atoms with E-state index in [4.69, 9.17) is 15.5 Å². The van der Waals surface area contributed by atoms with Gasteiger partial charge >= 0.3 is 0 Å². The second-order valence-corrected chi connectivity index (χ2v) is 11.3. The Kier molecular flexibility index (Phi) is 8.67. The monoisotopic (exact) mass is 596 g/mol. The first-order chi connectivity index (χ1) is 21.4. The molecule has 0 unspecified atom stereocenters. The Balaban J connectivity index is 1.29. The number of benzene rings is 2. The van der Waals surface area contributed by atoms with Gasteiger partial charge in [-0.05, 0) is 55.8 Å². The largest absolute Gasteiger partial charge is 0.496 e. The molecule has 228 valence electrons. The van der Waals surface area contributed by atoms with Gasteiger partial charge in [-0.3, -0.25) is 4.79 Å². The molecule has 1 amide bonds. The number of piperazine rings is 1. The van der Waals surface area contributed by atoms with Crippen molar-refractivity contribution in [1.82, 2.24) is 24.8 Å². The lowest BCUT2D eigenvalue weighted by atomic mass is 10.00. The minimum atomic E-state index is -0.469. The number of rotatable bonds is 7. The smallest absolute Gasteiger partial charge is 0.253 e. The molecule has 11 heteroatoms. The summed E-state index contributed by atoms with van der Waals surface area (Å²) in [6.45, 7) is 4.82. The topological polar surface area (TPSA) is 113 Å². The average molecular weight is 597 g/mol. The van der Waals surface area contributed by atoms with Gasteiger partial charge in [-0.15, -0.1) is 0 Å². The van der Waals surface area contributed by atoms with E-state index in [0.717, 1.165) is 68.9 Å². The third-order valence-electron chi connectivity index (χ3n) is 8.24. The van der Waals surface area contributed by atoms with E-state index >= 15 is 0 Å². The van der Waals surface area contributed by atoms with E-state index in [0.29, 0.717) is 22.9 Å². The number of likely N-dealkylation sites (N-methyl/N-ethyl adjacent to an activating group) is 1. The van der Waals surface area contributed by atoms with Crippen LogP contribution in [0.25, 0.3) is 22.5 Å². The van der Waals surface area contributed by atoms with Gasteiger partial charge in [0.25, 0.3) is 5.91 Å². The van der Waals surface area contributed by atoms with Crippen LogP contribution in [0.4, 0.5) is 21.7 Å². The third kappa shape index (κ3) is 6.34. The molecule has 2 aromatic heterocycles. The van der Waals surface area contributed by atoms with E-state index in [2.05, 4.69) is 32.1 Å². The molecule has 0 spiro atoms. The molecule has 0 saturated carbocycles. The number of hydrogen-bond acceptors (Lipinski definition) is 9. The lowest BCUT2D eigenvalue weighted by Crippen LogP contribution is -2.47. The number of nitrogens with two attached hydrogens (primary N) is 1. The van der Waals surface area contributed by atoms with E-state index in [1.807, 2.05) is 41.4 Å². The predicted molar refractivity (Wildman–Crippen MR) is 170 cm³/mol. The first-order valence-electron chi connectivity index (χ1n) is 14.9. The van der Waals surface area contributed by atoms with Crippen molar-refractivity contribution in [3.63, 3.8) is 0 Å². The molecule has 4 aromatic rings. The van der Waals surface area contributed by atoms with E-state index in [-0.39, 0.29) is 23.3 Å². The number of pyridine rings is 1. The molecule has 2 saturated heterocycles. The van der Waals surface area contributed by atoms with Crippen molar-refractivity contribution in [2.45, 2.75) is 18.9 Å². The molecule has 6 rings (SSSR count). The van der Waals surface area contributed by atoms with Crippen molar-refractivity contribution >= 4 is 23.2 Å². The standard InChI is InChI=1S/C33H37FN8O2/c1-40-15-17-41(18-16-40)33(43)23-10-8-22(9-11-23)25-20-37-30(19-27(25)42-14-4-5-24(35)21-42)38-29-12-13-36-32(39-29)31-26(34)6-3-7-28(31)44-2/h3,6-13,19-20,24H,4-5,14-18,21,35H2,1-2H3,(H,36,37,38,39)/t24-/m0/s1. The fourth-order valence-electron chi connectivity index (χ4n) is 5.78. The van der Waals surface area contributed by atoms with Crippen LogP contribution in [0.2, 0.25) is 0 Å². The molecule has 0 bridgehead atoms. The van der Waals surface area contributed by atoms with Crippen molar-refractivity contribution in [3.05, 3.63) is 78.4 Å². The molecule has 2 aliphatic rings. The molecule has 4 heterocycles. The zero-order chi connectivity index (χ0) is 30.6. The first-order valence-corrected chi connectivity index (χ1v) is 14.9. The number of carbonyl (C=O) groups is 1. The van der Waals surface area contributed by atoms with Crippen LogP contribution in [-0.4, -0.2) is 90.1 Å². The molecular formula is C33H37FN8O2. The van der Waals surface area contributed by atoms with Crippen LogP contribution >= 0.6 is 0 Å². The molecule has 44 heavy (non-hydrogen) atoms. The van der Waals surface area contributed by atoms with Gasteiger partial charge in [0.1, 0.15) is 23.2 Å². The van der Waals surface area contributed by atoms with Gasteiger partial charge in [-0.2, -0.15) is 0 Å². The van der Waals surface area contributed by atoms with Crippen molar-refractivity contribution in [2.24, 2.45) is 5.73 Å². The van der Waals surface area contributed by atoms with E-state index in [1.165, 1.54) is 13.2 Å². The fraction of sp³-hybridized carbons (Fsp3) is 0.333. The Morgan fingerprint density at radius 1 is 1.02 bits per heavy atom. The number of nitrogens with zero attached hydrogens (tertiary/aromatic N) is 6. The summed E-state index contributed by atoms with van der Waals surface area (Å²) >= 11 is 0. The minimum absolute atomic E-state index is 0.0572. The number of nitrogens with one attached hydrogen (secondary N) is 1. The summed E-state index contributed by atoms with van der Waals surface area (Å²) in [6.07, 6.45) is 5.37. The highest BCUT2D eigenvalue weighted by molar-refractivity contribution is 5.95. The Morgan fingerprint density at radius 3 is 2.57 bits per heavy atom. The summed E-state index contributed by atoms with van der Waals surface area (Å²) in [7, 11) is 3.56. The van der Waals surface area contributed by atoms with Gasteiger partial charge in [0, 0.05) is 80.6 Å². The first kappa shape index (κ1) is 29.5. The van der Waals surface area contributed by atoms with Gasteiger partial charge in [-0.25, -0.2) is 19.3 Å². The van der Waals surface area contributed by atoms with Crippen molar-refractivity contribution in [1.29, 1.82) is 0 Å². The number of piperidine rings is 1. The summed E-state index contributed by atoms with van der Waals surface area (Å²) in [5.74, 6) is 1.19. The molecule has 1 atom stereocenters. The average Bonchev–Trinajstić information content (AvgIpc) is 3.05. The number of anilines is 3. The Hall–Kier alpha value is -4.61. The van der Waals surface area contributed by atoms with Crippen LogP contribution in [0.5, 0.6) is 5.75 Å². The Bertz CT molecular complexity index is 1620. The lowest BCUT2D eigenvalue weighted by Gasteiger charge is -2.34. The zero-order valence-electron chi connectivity index (χ0n) is 25.0. The summed E-state index contributed by atoms with van der Waals surface area (Å²) in [5.41, 5.74) is 10.1. The van der Waals surface area contributed by atoms with E-state index in [9.17, 15) is 9.18 Å². The molecule has 2 fully saturated rings. The van der Waals surface area contributed by atoms with Crippen molar-refractivity contribution in [3.8, 4) is 28.3 Å². The number of amides is 1. The summed E-state index contributed by atoms with van der Waals surface area (Å²) in [5, 5.41) is 3.27. The predicted octanol–water partition coefficient (Wildman–Crippen LogP) is 4.41. The second kappa shape index (κ2) is 12.9. The molecule has 10 nitrogen and oxygen atoms in total. The molecule has 0 radical (unpaired) electrons. The van der Waals surface area contributed by atoms with Crippen molar-refractivity contribution < 1.29 is 13.9 Å². The Labute approximate surface area is 256 Å². The van der Waals surface area contributed by atoms with Gasteiger partial charge in [0.2, 0.25) is 0 Å². The quantitative estimate of drug-likeness (QED) is 0.320. The van der Waals surface area contributed by atoms with Crippen molar-refractivity contribution in [2.75, 3.05) is 63.6 Å². The van der Waals surface area contributed by atoms with Crippen LogP contribution in [0.15, 0.2) is 67.0 Å². The second-order valence-electron chi connectivity index (χ2n) is 11.3. The molecule has 0 aliphatic carbocycles. The van der Waals surface area contributed by atoms with Gasteiger partial charge in [0.05, 0.1) is 12.7 Å². The van der Waals surface area contributed by atoms with Gasteiger partial charge in [0.15, 0.2) is 5.82 Å². The maximum atomic E-state index is 14.7. The van der Waals surface area contributed by atoms with E-state index in [1.54, 1.807) is 24.4 Å². The van der Waals surface area contributed by atoms with Crippen LogP contribution in [0.3, 0.4) is 0 Å². The number of aromatic nitrogens is 3. The highest BCUT2D eigenvalue weighted by Crippen LogP contribution is 2.35. The maximum Gasteiger partial charge on any atom is 0.253 e. The summed E-state index contributed by atoms with van der Waals surface area (Å²) in [4.78, 5) is 33.1. The van der Waals surface area contributed by atoms with Gasteiger partial charge in [-0.1, -0.05) is 18.2 Å². The SMILES string of the molecule is COc1cccc(F)c1-c1nccc(Nc2cc(N3CCC[C@H](N)C3)c(-c3ccc(C(=O)N4CCN(C)CC4)cc3)cn2)n1. The highest BCUT2D eigenvalue weighted by atomic mass is 19.1. The summed E-state index contributed by atoms with van der Waals surface area (Å²) < 4.78 is 20.1. The van der Waals surface area contributed by atoms with Crippen LogP contribution in [-0.2, 0) is 0 Å². The maximum absolute atomic E-state index is 14.7. The number of carbonyl (C=O) groups excluding carboxylic acids is 1. The van der Waals surface area contributed by atoms with Crippen LogP contribution in [0, 0.1) is 5.82 Å². The van der Waals surface area contributed by atoms with Gasteiger partial charge < -0.3 is 30.5 Å². The Morgan fingerprint density at radius 2 is 1.82 bits per heavy atom. The molecular weight excluding hydrogens is 559 g/mol. The van der Waals surface area contributed by atoms with Crippen LogP contribution in [0.1, 0.15) is 23.2 Å². The lowest BCUT2D eigenvalue weighted by molar-refractivity contribution is 0.0664. The molecule has 2 aromatic carbocycles. The number of hydrogen-bond donors (Lipinski definition) is 2. The number of methoxy groups -OCH3 is 1.